The van der Waals surface area contributed by atoms with Crippen molar-refractivity contribution in [3.8, 4) is 0 Å². The number of nitrogens with one attached hydrogen (secondary N) is 1. The topological polar surface area (TPSA) is 95.9 Å². The monoisotopic (exact) mass is 788 g/mol. The second-order valence-corrected chi connectivity index (χ2v) is 16.5. The lowest BCUT2D eigenvalue weighted by molar-refractivity contribution is -0.151. The molecule has 0 bridgehead atoms. The molecule has 0 heterocycles. The molecule has 3 atom stereocenters. The van der Waals surface area contributed by atoms with Crippen LogP contribution in [-0.2, 0) is 14.3 Å². The molecule has 6 nitrogen and oxygen atoms in total. The van der Waals surface area contributed by atoms with E-state index in [4.69, 9.17) is 4.74 Å². The highest BCUT2D eigenvalue weighted by Crippen LogP contribution is 2.18. The van der Waals surface area contributed by atoms with Crippen LogP contribution in [0.3, 0.4) is 0 Å². The number of carbonyl (C=O) groups excluding carboxylic acids is 2. The molecule has 328 valence electrons. The number of aliphatic hydroxyl groups excluding tert-OH is 2. The van der Waals surface area contributed by atoms with Gasteiger partial charge < -0.3 is 20.3 Å². The zero-order valence-corrected chi connectivity index (χ0v) is 37.3. The average molecular weight is 788 g/mol. The fraction of sp³-hybridized carbons (Fsp3) is 0.840. The van der Waals surface area contributed by atoms with Crippen LogP contribution in [0.5, 0.6) is 0 Å². The van der Waals surface area contributed by atoms with E-state index in [1.165, 1.54) is 109 Å². The SMILES string of the molecule is CC/C=C/C/C=C/CCCCCCCC(CC(=O)NC(CO)C(O)CCCCCCCCCCCCCCCCC)OC(=O)CCCCCCC/C=C\CCC. The molecular weight excluding hydrogens is 695 g/mol. The van der Waals surface area contributed by atoms with E-state index in [2.05, 4.69) is 62.5 Å². The summed E-state index contributed by atoms with van der Waals surface area (Å²) in [5.41, 5.74) is 0. The van der Waals surface area contributed by atoms with Gasteiger partial charge >= 0.3 is 5.97 Å². The van der Waals surface area contributed by atoms with Crippen molar-refractivity contribution in [2.24, 2.45) is 0 Å². The highest BCUT2D eigenvalue weighted by molar-refractivity contribution is 5.77. The smallest absolute Gasteiger partial charge is 0.306 e. The molecule has 0 radical (unpaired) electrons. The van der Waals surface area contributed by atoms with Crippen molar-refractivity contribution in [2.45, 2.75) is 264 Å². The number of unbranched alkanes of at least 4 members (excludes halogenated alkanes) is 25. The van der Waals surface area contributed by atoms with Gasteiger partial charge in [0.2, 0.25) is 5.91 Å². The number of aliphatic hydroxyl groups is 2. The zero-order valence-electron chi connectivity index (χ0n) is 37.3. The summed E-state index contributed by atoms with van der Waals surface area (Å²) in [5.74, 6) is -0.497. The lowest BCUT2D eigenvalue weighted by atomic mass is 10.0. The quantitative estimate of drug-likeness (QED) is 0.0325. The molecule has 0 saturated carbocycles. The highest BCUT2D eigenvalue weighted by Gasteiger charge is 2.24. The van der Waals surface area contributed by atoms with E-state index >= 15 is 0 Å². The molecule has 0 fully saturated rings. The number of amides is 1. The maximum Gasteiger partial charge on any atom is 0.306 e. The molecule has 0 aromatic carbocycles. The van der Waals surface area contributed by atoms with E-state index in [1.807, 2.05) is 0 Å². The third kappa shape index (κ3) is 38.9. The van der Waals surface area contributed by atoms with Crippen molar-refractivity contribution in [1.29, 1.82) is 0 Å². The predicted octanol–water partition coefficient (Wildman–Crippen LogP) is 14.1. The third-order valence-corrected chi connectivity index (χ3v) is 10.9. The number of esters is 1. The van der Waals surface area contributed by atoms with E-state index in [-0.39, 0.29) is 24.9 Å². The van der Waals surface area contributed by atoms with Gasteiger partial charge in [0.25, 0.3) is 0 Å². The van der Waals surface area contributed by atoms with E-state index < -0.39 is 18.2 Å². The highest BCUT2D eigenvalue weighted by atomic mass is 16.5. The molecule has 0 rings (SSSR count). The van der Waals surface area contributed by atoms with Crippen LogP contribution in [0.4, 0.5) is 0 Å². The number of carbonyl (C=O) groups is 2. The van der Waals surface area contributed by atoms with Crippen LogP contribution < -0.4 is 5.32 Å². The van der Waals surface area contributed by atoms with Crippen LogP contribution in [0.1, 0.15) is 245 Å². The van der Waals surface area contributed by atoms with Crippen molar-refractivity contribution < 1.29 is 24.5 Å². The zero-order chi connectivity index (χ0) is 41.0. The van der Waals surface area contributed by atoms with Gasteiger partial charge in [-0.25, -0.2) is 0 Å². The number of rotatable bonds is 43. The maximum absolute atomic E-state index is 13.1. The Morgan fingerprint density at radius 3 is 1.54 bits per heavy atom. The van der Waals surface area contributed by atoms with Gasteiger partial charge in [-0.1, -0.05) is 198 Å². The molecule has 3 unspecified atom stereocenters. The predicted molar refractivity (Wildman–Crippen MR) is 241 cm³/mol. The summed E-state index contributed by atoms with van der Waals surface area (Å²) in [6.45, 7) is 6.31. The van der Waals surface area contributed by atoms with E-state index in [0.717, 1.165) is 89.9 Å². The largest absolute Gasteiger partial charge is 0.462 e. The van der Waals surface area contributed by atoms with E-state index in [9.17, 15) is 19.8 Å². The van der Waals surface area contributed by atoms with Crippen LogP contribution in [0.25, 0.3) is 0 Å². The first-order chi connectivity index (χ1) is 27.5. The van der Waals surface area contributed by atoms with Crippen LogP contribution in [-0.4, -0.2) is 46.9 Å². The van der Waals surface area contributed by atoms with Gasteiger partial charge in [-0.15, -0.1) is 0 Å². The Hall–Kier alpha value is -1.92. The Bertz CT molecular complexity index is 930. The minimum Gasteiger partial charge on any atom is -0.462 e. The van der Waals surface area contributed by atoms with Crippen molar-refractivity contribution in [3.63, 3.8) is 0 Å². The van der Waals surface area contributed by atoms with Crippen LogP contribution >= 0.6 is 0 Å². The Kier molecular flexibility index (Phi) is 42.7. The van der Waals surface area contributed by atoms with Crippen molar-refractivity contribution >= 4 is 11.9 Å². The summed E-state index contributed by atoms with van der Waals surface area (Å²) in [4.78, 5) is 26.0. The second-order valence-electron chi connectivity index (χ2n) is 16.5. The lowest BCUT2D eigenvalue weighted by Crippen LogP contribution is -2.46. The first-order valence-electron chi connectivity index (χ1n) is 24.2. The Labute approximate surface area is 347 Å². The Morgan fingerprint density at radius 2 is 1.00 bits per heavy atom. The average Bonchev–Trinajstić information content (AvgIpc) is 3.19. The first kappa shape index (κ1) is 54.1. The molecule has 0 saturated heterocycles. The molecule has 0 aliphatic carbocycles. The lowest BCUT2D eigenvalue weighted by Gasteiger charge is -2.24. The molecule has 0 aromatic heterocycles. The maximum atomic E-state index is 13.1. The minimum absolute atomic E-state index is 0.0662. The second kappa shape index (κ2) is 44.2. The molecular formula is C50H93NO5. The fourth-order valence-electron chi connectivity index (χ4n) is 7.29. The number of ether oxygens (including phenoxy) is 1. The summed E-state index contributed by atoms with van der Waals surface area (Å²) >= 11 is 0. The summed E-state index contributed by atoms with van der Waals surface area (Å²) in [7, 11) is 0. The third-order valence-electron chi connectivity index (χ3n) is 10.9. The molecule has 0 spiro atoms. The van der Waals surface area contributed by atoms with Crippen LogP contribution in [0.15, 0.2) is 36.5 Å². The molecule has 3 N–H and O–H groups in total. The van der Waals surface area contributed by atoms with Gasteiger partial charge in [0.15, 0.2) is 0 Å². The number of hydrogen-bond acceptors (Lipinski definition) is 5. The molecule has 56 heavy (non-hydrogen) atoms. The summed E-state index contributed by atoms with van der Waals surface area (Å²) in [6, 6.07) is -0.704. The van der Waals surface area contributed by atoms with Gasteiger partial charge in [0.05, 0.1) is 25.2 Å². The van der Waals surface area contributed by atoms with Gasteiger partial charge in [-0.05, 0) is 70.6 Å². The molecule has 6 heteroatoms. The van der Waals surface area contributed by atoms with Gasteiger partial charge in [0, 0.05) is 6.42 Å². The van der Waals surface area contributed by atoms with Crippen molar-refractivity contribution in [2.75, 3.05) is 6.61 Å². The van der Waals surface area contributed by atoms with Crippen molar-refractivity contribution in [1.82, 2.24) is 5.32 Å². The van der Waals surface area contributed by atoms with Gasteiger partial charge in [0.1, 0.15) is 6.10 Å². The molecule has 0 aromatic rings. The summed E-state index contributed by atoms with van der Waals surface area (Å²) in [5, 5.41) is 23.7. The van der Waals surface area contributed by atoms with E-state index in [1.54, 1.807) is 0 Å². The first-order valence-corrected chi connectivity index (χ1v) is 24.2. The van der Waals surface area contributed by atoms with Gasteiger partial charge in [-0.2, -0.15) is 0 Å². The number of allylic oxidation sites excluding steroid dienone is 6. The molecule has 1 amide bonds. The Morgan fingerprint density at radius 1 is 0.536 bits per heavy atom. The normalized spacial score (nSPS) is 13.6. The number of hydrogen-bond donors (Lipinski definition) is 3. The fourth-order valence-corrected chi connectivity index (χ4v) is 7.29. The van der Waals surface area contributed by atoms with Gasteiger partial charge in [-0.3, -0.25) is 9.59 Å². The van der Waals surface area contributed by atoms with E-state index in [0.29, 0.717) is 19.3 Å². The molecule has 0 aliphatic rings. The Balaban J connectivity index is 4.53. The summed E-state index contributed by atoms with van der Waals surface area (Å²) in [6.07, 6.45) is 50.6. The van der Waals surface area contributed by atoms with Crippen LogP contribution in [0.2, 0.25) is 0 Å². The minimum atomic E-state index is -0.790. The molecule has 0 aliphatic heterocycles. The standard InChI is InChI=1S/C50H93NO5/c1-4-7-10-13-16-19-22-24-25-26-28-30-33-36-39-42-48(53)47(45-52)51-49(54)44-46(41-38-35-32-29-27-23-20-17-14-11-8-5-2)56-50(55)43-40-37-34-31-21-18-15-12-9-6-3/h8,11-12,15,17,20,46-48,52-53H,4-7,9-10,13-14,16,18-19,21-45H2,1-3H3,(H,51,54)/b11-8+,15-12-,20-17+. The van der Waals surface area contributed by atoms with Crippen molar-refractivity contribution in [3.05, 3.63) is 36.5 Å². The summed E-state index contributed by atoms with van der Waals surface area (Å²) < 4.78 is 5.89. The van der Waals surface area contributed by atoms with Crippen LogP contribution in [0, 0.1) is 0 Å².